The summed E-state index contributed by atoms with van der Waals surface area (Å²) in [6.45, 7) is 7.82. The first-order valence-corrected chi connectivity index (χ1v) is 8.53. The molecule has 1 heterocycles. The molecule has 1 aliphatic carbocycles. The Morgan fingerprint density at radius 2 is 1.90 bits per heavy atom. The minimum atomic E-state index is 0.466. The monoisotopic (exact) mass is 287 g/mol. The molecule has 1 N–H and O–H groups in total. The highest BCUT2D eigenvalue weighted by Crippen LogP contribution is 2.38. The Bertz CT molecular complexity index is 484. The van der Waals surface area contributed by atoms with Gasteiger partial charge in [0.25, 0.3) is 0 Å². The molecule has 1 atom stereocenters. The van der Waals surface area contributed by atoms with E-state index >= 15 is 0 Å². The number of hydrogen-bond acceptors (Lipinski definition) is 2. The predicted molar refractivity (Wildman–Crippen MR) is 87.8 cm³/mol. The second-order valence-corrected chi connectivity index (χ2v) is 7.64. The van der Waals surface area contributed by atoms with E-state index in [0.29, 0.717) is 17.5 Å². The standard InChI is InChI=1S/C19H29NO/c1-14-6-4-7-16-17(8-5-13-21-18(14)16)20-15-9-11-19(2,3)12-10-15/h4,6-7,15,17,20H,5,8-13H2,1-3H3. The summed E-state index contributed by atoms with van der Waals surface area (Å²) in [4.78, 5) is 0. The highest BCUT2D eigenvalue weighted by Gasteiger charge is 2.29. The van der Waals surface area contributed by atoms with Gasteiger partial charge in [-0.15, -0.1) is 0 Å². The van der Waals surface area contributed by atoms with Gasteiger partial charge in [0.05, 0.1) is 6.61 Å². The molecule has 0 radical (unpaired) electrons. The average Bonchev–Trinajstić information content (AvgIpc) is 2.65. The van der Waals surface area contributed by atoms with Crippen LogP contribution in [0.15, 0.2) is 18.2 Å². The molecule has 1 unspecified atom stereocenters. The van der Waals surface area contributed by atoms with Gasteiger partial charge >= 0.3 is 0 Å². The quantitative estimate of drug-likeness (QED) is 0.846. The summed E-state index contributed by atoms with van der Waals surface area (Å²) in [6.07, 6.45) is 7.64. The Hall–Kier alpha value is -1.02. The molecule has 1 aliphatic heterocycles. The molecule has 1 fully saturated rings. The van der Waals surface area contributed by atoms with Crippen molar-refractivity contribution in [2.24, 2.45) is 5.41 Å². The number of ether oxygens (including phenoxy) is 1. The summed E-state index contributed by atoms with van der Waals surface area (Å²) >= 11 is 0. The van der Waals surface area contributed by atoms with E-state index in [-0.39, 0.29) is 0 Å². The van der Waals surface area contributed by atoms with Gasteiger partial charge in [-0.2, -0.15) is 0 Å². The summed E-state index contributed by atoms with van der Waals surface area (Å²) in [6, 6.07) is 7.72. The summed E-state index contributed by atoms with van der Waals surface area (Å²) in [5, 5.41) is 3.94. The molecule has 0 aromatic heterocycles. The molecule has 3 rings (SSSR count). The van der Waals surface area contributed by atoms with Crippen LogP contribution in [0.3, 0.4) is 0 Å². The van der Waals surface area contributed by atoms with Crippen molar-refractivity contribution in [3.05, 3.63) is 29.3 Å². The van der Waals surface area contributed by atoms with E-state index in [1.165, 1.54) is 43.2 Å². The van der Waals surface area contributed by atoms with Crippen molar-refractivity contribution in [3.63, 3.8) is 0 Å². The predicted octanol–water partition coefficient (Wildman–Crippen LogP) is 4.77. The van der Waals surface area contributed by atoms with Crippen LogP contribution in [0.5, 0.6) is 5.75 Å². The lowest BCUT2D eigenvalue weighted by Crippen LogP contribution is -2.37. The highest BCUT2D eigenvalue weighted by molar-refractivity contribution is 5.43. The van der Waals surface area contributed by atoms with Crippen LogP contribution >= 0.6 is 0 Å². The van der Waals surface area contributed by atoms with E-state index < -0.39 is 0 Å². The van der Waals surface area contributed by atoms with Gasteiger partial charge < -0.3 is 10.1 Å². The zero-order chi connectivity index (χ0) is 14.9. The van der Waals surface area contributed by atoms with Crippen molar-refractivity contribution >= 4 is 0 Å². The molecule has 21 heavy (non-hydrogen) atoms. The summed E-state index contributed by atoms with van der Waals surface area (Å²) in [7, 11) is 0. The molecule has 1 aromatic rings. The largest absolute Gasteiger partial charge is 0.493 e. The number of hydrogen-bond donors (Lipinski definition) is 1. The van der Waals surface area contributed by atoms with Gasteiger partial charge in [0, 0.05) is 17.6 Å². The van der Waals surface area contributed by atoms with Crippen LogP contribution in [0.1, 0.15) is 69.5 Å². The molecule has 2 nitrogen and oxygen atoms in total. The third-order valence-electron chi connectivity index (χ3n) is 5.28. The molecule has 1 saturated carbocycles. The van der Waals surface area contributed by atoms with Crippen LogP contribution in [0.25, 0.3) is 0 Å². The fourth-order valence-electron chi connectivity index (χ4n) is 3.79. The number of nitrogens with one attached hydrogen (secondary N) is 1. The third-order valence-corrected chi connectivity index (χ3v) is 5.28. The van der Waals surface area contributed by atoms with Crippen LogP contribution in [0, 0.1) is 12.3 Å². The van der Waals surface area contributed by atoms with Gasteiger partial charge in [-0.3, -0.25) is 0 Å². The number of aryl methyl sites for hydroxylation is 1. The van der Waals surface area contributed by atoms with Crippen molar-refractivity contribution < 1.29 is 4.74 Å². The minimum absolute atomic E-state index is 0.466. The summed E-state index contributed by atoms with van der Waals surface area (Å²) in [5.41, 5.74) is 3.18. The van der Waals surface area contributed by atoms with Crippen LogP contribution < -0.4 is 10.1 Å². The molecular weight excluding hydrogens is 258 g/mol. The van der Waals surface area contributed by atoms with Gasteiger partial charge in [-0.25, -0.2) is 0 Å². The normalized spacial score (nSPS) is 25.8. The average molecular weight is 287 g/mol. The lowest BCUT2D eigenvalue weighted by molar-refractivity contribution is 0.196. The Morgan fingerprint density at radius 3 is 2.67 bits per heavy atom. The number of fused-ring (bicyclic) bond motifs is 1. The first-order valence-electron chi connectivity index (χ1n) is 8.53. The van der Waals surface area contributed by atoms with E-state index in [0.717, 1.165) is 18.8 Å². The van der Waals surface area contributed by atoms with Gasteiger partial charge in [0.15, 0.2) is 0 Å². The molecule has 116 valence electrons. The number of para-hydroxylation sites is 1. The zero-order valence-electron chi connectivity index (χ0n) is 13.7. The van der Waals surface area contributed by atoms with Crippen molar-refractivity contribution in [3.8, 4) is 5.75 Å². The fourth-order valence-corrected chi connectivity index (χ4v) is 3.79. The minimum Gasteiger partial charge on any atom is -0.493 e. The van der Waals surface area contributed by atoms with Crippen molar-refractivity contribution in [2.45, 2.75) is 71.4 Å². The van der Waals surface area contributed by atoms with E-state index in [1.54, 1.807) is 0 Å². The molecule has 0 bridgehead atoms. The first-order chi connectivity index (χ1) is 10.1. The topological polar surface area (TPSA) is 21.3 Å². The van der Waals surface area contributed by atoms with Crippen molar-refractivity contribution in [2.75, 3.05) is 6.61 Å². The number of benzene rings is 1. The maximum atomic E-state index is 5.99. The van der Waals surface area contributed by atoms with Gasteiger partial charge in [-0.05, 0) is 56.4 Å². The van der Waals surface area contributed by atoms with E-state index in [2.05, 4.69) is 44.3 Å². The number of rotatable bonds is 2. The van der Waals surface area contributed by atoms with Gasteiger partial charge in [-0.1, -0.05) is 32.0 Å². The third kappa shape index (κ3) is 3.42. The Kier molecular flexibility index (Phi) is 4.26. The van der Waals surface area contributed by atoms with Gasteiger partial charge in [0.2, 0.25) is 0 Å². The van der Waals surface area contributed by atoms with E-state index in [9.17, 15) is 0 Å². The molecule has 2 heteroatoms. The van der Waals surface area contributed by atoms with Crippen molar-refractivity contribution in [1.82, 2.24) is 5.32 Å². The molecule has 2 aliphatic rings. The Labute approximate surface area is 129 Å². The SMILES string of the molecule is Cc1cccc2c1OCCCC2NC1CCC(C)(C)CC1. The first kappa shape index (κ1) is 14.9. The summed E-state index contributed by atoms with van der Waals surface area (Å²) < 4.78 is 5.99. The smallest absolute Gasteiger partial charge is 0.126 e. The Balaban J connectivity index is 1.73. The second kappa shape index (κ2) is 6.00. The fraction of sp³-hybridized carbons (Fsp3) is 0.684. The molecule has 0 saturated heterocycles. The highest BCUT2D eigenvalue weighted by atomic mass is 16.5. The lowest BCUT2D eigenvalue weighted by atomic mass is 9.75. The molecule has 0 amide bonds. The maximum absolute atomic E-state index is 5.99. The van der Waals surface area contributed by atoms with Crippen LogP contribution in [-0.4, -0.2) is 12.6 Å². The van der Waals surface area contributed by atoms with Crippen LogP contribution in [0.2, 0.25) is 0 Å². The lowest BCUT2D eigenvalue weighted by Gasteiger charge is -2.36. The Morgan fingerprint density at radius 1 is 1.14 bits per heavy atom. The van der Waals surface area contributed by atoms with E-state index in [4.69, 9.17) is 4.74 Å². The molecule has 0 spiro atoms. The maximum Gasteiger partial charge on any atom is 0.126 e. The van der Waals surface area contributed by atoms with Crippen molar-refractivity contribution in [1.29, 1.82) is 0 Å². The van der Waals surface area contributed by atoms with Crippen LogP contribution in [-0.2, 0) is 0 Å². The molecule has 1 aromatic carbocycles. The second-order valence-electron chi connectivity index (χ2n) is 7.64. The molecular formula is C19H29NO. The van der Waals surface area contributed by atoms with Crippen LogP contribution in [0.4, 0.5) is 0 Å². The van der Waals surface area contributed by atoms with Gasteiger partial charge in [0.1, 0.15) is 5.75 Å². The summed E-state index contributed by atoms with van der Waals surface area (Å²) in [5.74, 6) is 1.13. The van der Waals surface area contributed by atoms with E-state index in [1.807, 2.05) is 0 Å². The zero-order valence-corrected chi connectivity index (χ0v) is 13.7.